The van der Waals surface area contributed by atoms with Gasteiger partial charge in [-0.3, -0.25) is 0 Å². The van der Waals surface area contributed by atoms with E-state index in [2.05, 4.69) is 180 Å². The summed E-state index contributed by atoms with van der Waals surface area (Å²) in [5, 5.41) is 2.19. The maximum Gasteiger partial charge on any atom is 3.00 e. The minimum atomic E-state index is 0. The molecule has 0 unspecified atom stereocenters. The largest absolute Gasteiger partial charge is 3.00 e. The first-order valence-electron chi connectivity index (χ1n) is 24.2. The number of nitrogens with zero attached hydrogens (tertiary/aromatic N) is 3. The van der Waals surface area contributed by atoms with Crippen molar-refractivity contribution in [2.24, 2.45) is 0 Å². The molecule has 0 bridgehead atoms. The van der Waals surface area contributed by atoms with Gasteiger partial charge in [0.15, 0.2) is 0 Å². The molecule has 0 saturated heterocycles. The molecule has 4 nitrogen and oxygen atoms in total. The molecule has 5 heteroatoms. The number of fused-ring (bicyclic) bond motifs is 3. The van der Waals surface area contributed by atoms with E-state index < -0.39 is 0 Å². The summed E-state index contributed by atoms with van der Waals surface area (Å²) in [7, 11) is 0. The molecule has 8 aromatic carbocycles. The Hall–Kier alpha value is -8.34. The summed E-state index contributed by atoms with van der Waals surface area (Å²) in [6.07, 6.45) is 9.04. The fourth-order valence-corrected chi connectivity index (χ4v) is 9.72. The molecule has 0 N–H and O–H groups in total. The molecule has 12 aromatic rings. The van der Waals surface area contributed by atoms with Crippen molar-refractivity contribution in [2.75, 3.05) is 0 Å². The van der Waals surface area contributed by atoms with Crippen LogP contribution in [0.3, 0.4) is 0 Å². The molecule has 0 atom stereocenters. The Bertz CT molecular complexity index is 3680. The van der Waals surface area contributed by atoms with Crippen molar-refractivity contribution >= 4 is 21.9 Å². The second kappa shape index (κ2) is 20.9. The normalized spacial score (nSPS) is 11.2. The average Bonchev–Trinajstić information content (AvgIpc) is 3.82. The van der Waals surface area contributed by atoms with Crippen LogP contribution >= 0.6 is 0 Å². The maximum absolute atomic E-state index is 6.69. The predicted molar refractivity (Wildman–Crippen MR) is 289 cm³/mol. The number of rotatable bonds is 13. The third-order valence-electron chi connectivity index (χ3n) is 13.4. The zero-order chi connectivity index (χ0) is 47.3. The van der Waals surface area contributed by atoms with E-state index in [9.17, 15) is 0 Å². The first kappa shape index (κ1) is 46.1. The van der Waals surface area contributed by atoms with Crippen molar-refractivity contribution in [3.63, 3.8) is 0 Å². The summed E-state index contributed by atoms with van der Waals surface area (Å²) < 4.78 is 6.69. The van der Waals surface area contributed by atoms with E-state index >= 15 is 0 Å². The van der Waals surface area contributed by atoms with Crippen LogP contribution in [0.5, 0.6) is 0 Å². The van der Waals surface area contributed by atoms with Crippen LogP contribution in [-0.4, -0.2) is 15.0 Å². The van der Waals surface area contributed by atoms with E-state index in [1.54, 1.807) is 0 Å². The van der Waals surface area contributed by atoms with Crippen molar-refractivity contribution in [2.45, 2.75) is 25.7 Å². The number of hydrogen-bond acceptors (Lipinski definition) is 4. The van der Waals surface area contributed by atoms with E-state index in [1.807, 2.05) is 79.3 Å². The maximum atomic E-state index is 6.69. The molecule has 12 rings (SSSR count). The van der Waals surface area contributed by atoms with E-state index in [0.717, 1.165) is 120 Å². The number of pyridine rings is 3. The number of hydrogen-bond donors (Lipinski definition) is 0. The van der Waals surface area contributed by atoms with Crippen molar-refractivity contribution in [1.82, 2.24) is 15.0 Å². The van der Waals surface area contributed by atoms with Gasteiger partial charge in [0.05, 0.1) is 0 Å². The Balaban J connectivity index is 0.00000560. The fourth-order valence-electron chi connectivity index (χ4n) is 9.72. The van der Waals surface area contributed by atoms with Crippen LogP contribution in [0.2, 0.25) is 0 Å². The molecular weight excluding hydrogens is 1050 g/mol. The van der Waals surface area contributed by atoms with Gasteiger partial charge in [0.2, 0.25) is 0 Å². The summed E-state index contributed by atoms with van der Waals surface area (Å²) in [4.78, 5) is 13.8. The van der Waals surface area contributed by atoms with Crippen LogP contribution in [0.25, 0.3) is 100 Å². The summed E-state index contributed by atoms with van der Waals surface area (Å²) in [5.41, 5.74) is 21.4. The molecule has 0 aliphatic heterocycles. The molecule has 0 radical (unpaired) electrons. The molecule has 344 valence electrons. The molecule has 0 aliphatic carbocycles. The Kier molecular flexibility index (Phi) is 13.4. The third kappa shape index (κ3) is 9.86. The number of aromatic nitrogens is 3. The second-order valence-electron chi connectivity index (χ2n) is 18.0. The smallest absolute Gasteiger partial charge is 0.456 e. The minimum absolute atomic E-state index is 0. The van der Waals surface area contributed by atoms with Crippen LogP contribution in [-0.2, 0) is 45.8 Å². The van der Waals surface area contributed by atoms with Crippen LogP contribution in [0.15, 0.2) is 235 Å². The number of furan rings is 1. The summed E-state index contributed by atoms with van der Waals surface area (Å²) in [6, 6.07) is 85.5. The first-order chi connectivity index (χ1) is 35.1. The number of aryl methyl sites for hydroxylation is 4. The molecule has 0 spiro atoms. The molecule has 0 fully saturated rings. The molecular formula is C67H46IrN3O. The van der Waals surface area contributed by atoms with Gasteiger partial charge in [-0.15, -0.1) is 94.5 Å². The Morgan fingerprint density at radius 1 is 0.319 bits per heavy atom. The van der Waals surface area contributed by atoms with Gasteiger partial charge in [0.25, 0.3) is 0 Å². The van der Waals surface area contributed by atoms with Crippen LogP contribution in [0.1, 0.15) is 22.3 Å². The van der Waals surface area contributed by atoms with Gasteiger partial charge in [-0.1, -0.05) is 151 Å². The average molecular weight is 1100 g/mol. The first-order valence-corrected chi connectivity index (χ1v) is 24.2. The molecule has 72 heavy (non-hydrogen) atoms. The quantitative estimate of drug-likeness (QED) is 0.108. The fraction of sp³-hybridized carbons (Fsp3) is 0.0597. The Morgan fingerprint density at radius 2 is 0.819 bits per heavy atom. The zero-order valence-electron chi connectivity index (χ0n) is 39.4. The Labute approximate surface area is 434 Å². The topological polar surface area (TPSA) is 51.8 Å². The van der Waals surface area contributed by atoms with Gasteiger partial charge in [-0.05, 0) is 111 Å². The summed E-state index contributed by atoms with van der Waals surface area (Å²) in [5.74, 6) is 0. The standard InChI is InChI=1S/C67H46N3O.Ir/c1-2-12-50(13-3-1)53-31-35-60-61-36-32-54(45-67(61)71-66(60)44-53)62-43-55(65-18-8-11-39-70-65)33-34-59(62)58-15-5-4-14-57(58)56-41-48(21-19-46-23-27-51(28-24-46)63-16-6-9-37-68-63)40-49(42-56)22-20-47-25-29-52(30-26-47)64-17-7-10-38-69-64;/h1-18,23-27,29,31-32,34-45H,19-22H2;/q-3;+3. The van der Waals surface area contributed by atoms with Gasteiger partial charge < -0.3 is 19.4 Å². The van der Waals surface area contributed by atoms with Crippen molar-refractivity contribution in [3.8, 4) is 78.3 Å². The zero-order valence-corrected chi connectivity index (χ0v) is 41.7. The molecule has 4 heterocycles. The van der Waals surface area contributed by atoms with Crippen LogP contribution in [0.4, 0.5) is 0 Å². The van der Waals surface area contributed by atoms with Gasteiger partial charge in [-0.2, -0.15) is 0 Å². The van der Waals surface area contributed by atoms with E-state index in [4.69, 9.17) is 9.40 Å². The minimum Gasteiger partial charge on any atom is -0.456 e. The third-order valence-corrected chi connectivity index (χ3v) is 13.4. The molecule has 0 saturated carbocycles. The van der Waals surface area contributed by atoms with Crippen molar-refractivity contribution in [1.29, 1.82) is 0 Å². The van der Waals surface area contributed by atoms with E-state index in [0.29, 0.717) is 0 Å². The summed E-state index contributed by atoms with van der Waals surface area (Å²) in [6.45, 7) is 0. The SMILES string of the molecule is [Ir+3].[c-]1cc(CCc2cc(CCc3c[c-]c(-c4ccccn4)cc3)cc(-c3ccccc3-c3c[c-]c(-c4ccccn4)cc3-c3ccc4c(c3)oc3cc(-c5ccccc5)ccc34)c2)ccc1-c1ccccn1. The van der Waals surface area contributed by atoms with Crippen LogP contribution in [0, 0.1) is 18.2 Å². The number of benzene rings is 8. The van der Waals surface area contributed by atoms with Gasteiger partial charge in [-0.25, -0.2) is 0 Å². The Morgan fingerprint density at radius 3 is 1.38 bits per heavy atom. The molecule has 0 aliphatic rings. The van der Waals surface area contributed by atoms with Gasteiger partial charge in [0.1, 0.15) is 11.2 Å². The predicted octanol–water partition coefficient (Wildman–Crippen LogP) is 16.4. The molecule has 0 amide bonds. The monoisotopic (exact) mass is 1100 g/mol. The van der Waals surface area contributed by atoms with Crippen molar-refractivity contribution < 1.29 is 24.5 Å². The van der Waals surface area contributed by atoms with Crippen LogP contribution < -0.4 is 0 Å². The molecule has 4 aromatic heterocycles. The van der Waals surface area contributed by atoms with Gasteiger partial charge in [0, 0.05) is 29.4 Å². The summed E-state index contributed by atoms with van der Waals surface area (Å²) >= 11 is 0. The van der Waals surface area contributed by atoms with Crippen molar-refractivity contribution in [3.05, 3.63) is 271 Å². The van der Waals surface area contributed by atoms with E-state index in [-0.39, 0.29) is 20.1 Å². The second-order valence-corrected chi connectivity index (χ2v) is 18.0. The van der Waals surface area contributed by atoms with E-state index in [1.165, 1.54) is 27.8 Å². The van der Waals surface area contributed by atoms with Gasteiger partial charge >= 0.3 is 20.1 Å².